The summed E-state index contributed by atoms with van der Waals surface area (Å²) >= 11 is 0. The minimum atomic E-state index is 0.705. The van der Waals surface area contributed by atoms with Crippen LogP contribution in [0.3, 0.4) is 0 Å². The van der Waals surface area contributed by atoms with Crippen molar-refractivity contribution in [1.29, 1.82) is 0 Å². The third kappa shape index (κ3) is 1.65. The molecule has 0 radical (unpaired) electrons. The van der Waals surface area contributed by atoms with Crippen LogP contribution in [0.2, 0.25) is 0 Å². The van der Waals surface area contributed by atoms with Gasteiger partial charge in [-0.05, 0) is 18.7 Å². The molecule has 2 rings (SSSR count). The number of nitrogens with zero attached hydrogens (tertiary/aromatic N) is 2. The second-order valence-electron chi connectivity index (χ2n) is 3.26. The van der Waals surface area contributed by atoms with E-state index < -0.39 is 0 Å². The lowest BCUT2D eigenvalue weighted by Crippen LogP contribution is -2.25. The lowest BCUT2D eigenvalue weighted by molar-refractivity contribution is 0.338. The number of methoxy groups -OCH3 is 1. The number of pyridine rings is 1. The van der Waals surface area contributed by atoms with Crippen LogP contribution in [-0.2, 0) is 13.0 Å². The summed E-state index contributed by atoms with van der Waals surface area (Å²) < 4.78 is 5.07. The first kappa shape index (κ1) is 8.51. The van der Waals surface area contributed by atoms with Gasteiger partial charge in [0.15, 0.2) is 0 Å². The molecular formula is C10H13N2O-. The standard InChI is InChI=1S/C10H13N2O/c1-12-6-5-9-8(7-12)3-4-10(11-9)13-2/h3-4H,1,5-7H2,2H3/q-1. The molecule has 0 N–H and O–H groups in total. The van der Waals surface area contributed by atoms with Gasteiger partial charge in [0.05, 0.1) is 7.11 Å². The average molecular weight is 177 g/mol. The summed E-state index contributed by atoms with van der Waals surface area (Å²) in [4.78, 5) is 6.44. The molecule has 1 aromatic heterocycles. The largest absolute Gasteiger partial charge is 0.481 e. The van der Waals surface area contributed by atoms with Gasteiger partial charge in [0.1, 0.15) is 0 Å². The quantitative estimate of drug-likeness (QED) is 0.603. The zero-order chi connectivity index (χ0) is 9.26. The molecule has 13 heavy (non-hydrogen) atoms. The molecule has 1 aliphatic rings. The number of hydrogen-bond donors (Lipinski definition) is 0. The monoisotopic (exact) mass is 177 g/mol. The van der Waals surface area contributed by atoms with Gasteiger partial charge in [-0.3, -0.25) is 7.05 Å². The van der Waals surface area contributed by atoms with Crippen LogP contribution >= 0.6 is 0 Å². The van der Waals surface area contributed by atoms with Crippen LogP contribution < -0.4 is 4.74 Å². The maximum absolute atomic E-state index is 5.07. The molecular weight excluding hydrogens is 164 g/mol. The summed E-state index contributed by atoms with van der Waals surface area (Å²) in [5.41, 5.74) is 2.42. The molecule has 0 aromatic carbocycles. The molecule has 0 unspecified atom stereocenters. The average Bonchev–Trinajstić information content (AvgIpc) is 2.17. The highest BCUT2D eigenvalue weighted by molar-refractivity contribution is 5.27. The molecule has 0 amide bonds. The van der Waals surface area contributed by atoms with E-state index in [1.54, 1.807) is 7.11 Å². The predicted octanol–water partition coefficient (Wildman–Crippen LogP) is 1.24. The minimum absolute atomic E-state index is 0.705. The lowest BCUT2D eigenvalue weighted by atomic mass is 10.1. The number of aromatic nitrogens is 1. The van der Waals surface area contributed by atoms with E-state index in [1.165, 1.54) is 5.56 Å². The van der Waals surface area contributed by atoms with Crippen molar-refractivity contribution in [3.63, 3.8) is 0 Å². The Hall–Kier alpha value is -1.09. The van der Waals surface area contributed by atoms with Crippen molar-refractivity contribution < 1.29 is 4.74 Å². The zero-order valence-electron chi connectivity index (χ0n) is 7.79. The van der Waals surface area contributed by atoms with E-state index in [9.17, 15) is 0 Å². The maximum Gasteiger partial charge on any atom is 0.213 e. The Labute approximate surface area is 78.3 Å². The fourth-order valence-corrected chi connectivity index (χ4v) is 1.57. The van der Waals surface area contributed by atoms with Crippen molar-refractivity contribution in [1.82, 2.24) is 9.88 Å². The van der Waals surface area contributed by atoms with Crippen molar-refractivity contribution in [3.8, 4) is 5.88 Å². The number of ether oxygens (including phenoxy) is 1. The van der Waals surface area contributed by atoms with Gasteiger partial charge in [-0.25, -0.2) is 4.98 Å². The molecule has 0 saturated heterocycles. The van der Waals surface area contributed by atoms with E-state index in [-0.39, 0.29) is 0 Å². The van der Waals surface area contributed by atoms with Gasteiger partial charge < -0.3 is 9.64 Å². The summed E-state index contributed by atoms with van der Waals surface area (Å²) in [7, 11) is 5.56. The van der Waals surface area contributed by atoms with Crippen molar-refractivity contribution in [2.75, 3.05) is 13.7 Å². The normalized spacial score (nSPS) is 16.8. The molecule has 70 valence electrons. The summed E-state index contributed by atoms with van der Waals surface area (Å²) in [6.07, 6.45) is 0.968. The van der Waals surface area contributed by atoms with Crippen LogP contribution in [0.25, 0.3) is 0 Å². The smallest absolute Gasteiger partial charge is 0.213 e. The summed E-state index contributed by atoms with van der Waals surface area (Å²) in [6, 6.07) is 3.97. The van der Waals surface area contributed by atoms with Crippen LogP contribution in [0.15, 0.2) is 12.1 Å². The second kappa shape index (κ2) is 3.34. The molecule has 3 heteroatoms. The van der Waals surface area contributed by atoms with Crippen molar-refractivity contribution in [2.45, 2.75) is 13.0 Å². The van der Waals surface area contributed by atoms with Crippen LogP contribution in [0.5, 0.6) is 5.88 Å². The molecule has 1 aliphatic heterocycles. The van der Waals surface area contributed by atoms with Crippen LogP contribution in [-0.4, -0.2) is 23.5 Å². The highest BCUT2D eigenvalue weighted by Crippen LogP contribution is 2.19. The molecule has 2 heterocycles. The van der Waals surface area contributed by atoms with Crippen molar-refractivity contribution >= 4 is 0 Å². The van der Waals surface area contributed by atoms with E-state index in [0.717, 1.165) is 25.2 Å². The first-order chi connectivity index (χ1) is 6.29. The van der Waals surface area contributed by atoms with Gasteiger partial charge in [-0.1, -0.05) is 6.07 Å². The molecule has 1 aromatic rings. The van der Waals surface area contributed by atoms with Crippen LogP contribution in [0, 0.1) is 7.05 Å². The van der Waals surface area contributed by atoms with Crippen LogP contribution in [0.1, 0.15) is 11.3 Å². The Morgan fingerprint density at radius 3 is 3.15 bits per heavy atom. The number of hydrogen-bond acceptors (Lipinski definition) is 3. The molecule has 0 saturated carbocycles. The van der Waals surface area contributed by atoms with Gasteiger partial charge in [-0.15, -0.1) is 0 Å². The highest BCUT2D eigenvalue weighted by atomic mass is 16.5. The first-order valence-corrected chi connectivity index (χ1v) is 4.38. The third-order valence-corrected chi connectivity index (χ3v) is 2.31. The number of rotatable bonds is 1. The summed E-state index contributed by atoms with van der Waals surface area (Å²) in [5, 5.41) is 0. The fourth-order valence-electron chi connectivity index (χ4n) is 1.57. The Kier molecular flexibility index (Phi) is 2.19. The molecule has 0 bridgehead atoms. The Morgan fingerprint density at radius 1 is 1.54 bits per heavy atom. The van der Waals surface area contributed by atoms with Crippen molar-refractivity contribution in [3.05, 3.63) is 30.4 Å². The number of fused-ring (bicyclic) bond motifs is 1. The van der Waals surface area contributed by atoms with Gasteiger partial charge in [-0.2, -0.15) is 0 Å². The highest BCUT2D eigenvalue weighted by Gasteiger charge is 2.11. The van der Waals surface area contributed by atoms with Gasteiger partial charge >= 0.3 is 0 Å². The van der Waals surface area contributed by atoms with Gasteiger partial charge in [0.25, 0.3) is 0 Å². The predicted molar refractivity (Wildman–Crippen MR) is 50.3 cm³/mol. The lowest BCUT2D eigenvalue weighted by Gasteiger charge is -2.30. The third-order valence-electron chi connectivity index (χ3n) is 2.31. The van der Waals surface area contributed by atoms with E-state index in [2.05, 4.69) is 23.0 Å². The van der Waals surface area contributed by atoms with E-state index >= 15 is 0 Å². The van der Waals surface area contributed by atoms with E-state index in [4.69, 9.17) is 4.74 Å². The molecule has 0 spiro atoms. The molecule has 0 fully saturated rings. The maximum atomic E-state index is 5.07. The Balaban J connectivity index is 2.31. The Bertz CT molecular complexity index is 312. The Morgan fingerprint density at radius 2 is 2.38 bits per heavy atom. The summed E-state index contributed by atoms with van der Waals surface area (Å²) in [5.74, 6) is 0.705. The molecule has 3 nitrogen and oxygen atoms in total. The van der Waals surface area contributed by atoms with Crippen LogP contribution in [0.4, 0.5) is 0 Å². The van der Waals surface area contributed by atoms with Gasteiger partial charge in [0.2, 0.25) is 5.88 Å². The zero-order valence-corrected chi connectivity index (χ0v) is 7.79. The van der Waals surface area contributed by atoms with Crippen molar-refractivity contribution in [2.24, 2.45) is 0 Å². The SMILES string of the molecule is [CH2-]N1CCc2nc(OC)ccc2C1. The fraction of sp³-hybridized carbons (Fsp3) is 0.400. The first-order valence-electron chi connectivity index (χ1n) is 4.38. The second-order valence-corrected chi connectivity index (χ2v) is 3.26. The molecule has 0 atom stereocenters. The minimum Gasteiger partial charge on any atom is -0.481 e. The molecule has 0 aliphatic carbocycles. The topological polar surface area (TPSA) is 25.4 Å². The summed E-state index contributed by atoms with van der Waals surface area (Å²) in [6.45, 7) is 1.87. The van der Waals surface area contributed by atoms with E-state index in [0.29, 0.717) is 5.88 Å². The van der Waals surface area contributed by atoms with Gasteiger partial charge in [0, 0.05) is 18.2 Å². The van der Waals surface area contributed by atoms with E-state index in [1.807, 2.05) is 6.07 Å².